The summed E-state index contributed by atoms with van der Waals surface area (Å²) in [4.78, 5) is 42.5. The van der Waals surface area contributed by atoms with E-state index in [4.69, 9.17) is 0 Å². The van der Waals surface area contributed by atoms with Crippen molar-refractivity contribution in [2.45, 2.75) is 57.4 Å². The number of nitrogens with one attached hydrogen (secondary N) is 2. The number of alkyl halides is 3. The van der Waals surface area contributed by atoms with E-state index in [-0.39, 0.29) is 35.7 Å². The smallest absolute Gasteiger partial charge is 0.433 e. The van der Waals surface area contributed by atoms with Gasteiger partial charge >= 0.3 is 12.1 Å². The molecular formula is C29H27F3N4O4. The third-order valence-corrected chi connectivity index (χ3v) is 7.40. The molecule has 0 aliphatic carbocycles. The molecule has 0 saturated carbocycles. The maximum atomic E-state index is 13.4. The van der Waals surface area contributed by atoms with E-state index in [1.165, 1.54) is 0 Å². The molecule has 5 rings (SSSR count). The quantitative estimate of drug-likeness (QED) is 0.260. The number of carboxylic acid groups (broad SMARTS) is 1. The Morgan fingerprint density at radius 1 is 1.05 bits per heavy atom. The van der Waals surface area contributed by atoms with Crippen molar-refractivity contribution in [1.29, 1.82) is 0 Å². The Kier molecular flexibility index (Phi) is 6.99. The summed E-state index contributed by atoms with van der Waals surface area (Å²) in [6.07, 6.45) is -2.87. The molecule has 1 fully saturated rings. The molecule has 4 aromatic rings. The first-order chi connectivity index (χ1) is 18.9. The van der Waals surface area contributed by atoms with Gasteiger partial charge in [0, 0.05) is 29.6 Å². The summed E-state index contributed by atoms with van der Waals surface area (Å²) in [5, 5.41) is 16.5. The van der Waals surface area contributed by atoms with Crippen LogP contribution in [0.15, 0.2) is 64.2 Å². The number of aliphatic carboxylic acids is 1. The van der Waals surface area contributed by atoms with E-state index >= 15 is 0 Å². The Bertz CT molecular complexity index is 1630. The molecule has 1 aromatic heterocycles. The van der Waals surface area contributed by atoms with Crippen molar-refractivity contribution in [2.75, 3.05) is 15.5 Å². The van der Waals surface area contributed by atoms with Crippen LogP contribution in [-0.4, -0.2) is 34.2 Å². The molecule has 3 aromatic carbocycles. The number of fused-ring (bicyclic) bond motifs is 1. The van der Waals surface area contributed by atoms with Crippen LogP contribution < -0.4 is 26.4 Å². The van der Waals surface area contributed by atoms with Gasteiger partial charge in [0.25, 0.3) is 10.9 Å². The van der Waals surface area contributed by atoms with Crippen LogP contribution in [0.2, 0.25) is 0 Å². The van der Waals surface area contributed by atoms with E-state index in [2.05, 4.69) is 15.6 Å². The minimum absolute atomic E-state index is 0.00368. The third-order valence-electron chi connectivity index (χ3n) is 7.40. The van der Waals surface area contributed by atoms with Crippen LogP contribution in [0.4, 0.5) is 36.1 Å². The minimum atomic E-state index is -4.62. The zero-order chi connectivity index (χ0) is 28.8. The second kappa shape index (κ2) is 10.3. The zero-order valence-electron chi connectivity index (χ0n) is 21.7. The second-order valence-corrected chi connectivity index (χ2v) is 10.2. The van der Waals surface area contributed by atoms with Crippen molar-refractivity contribution >= 4 is 39.6 Å². The normalized spacial score (nSPS) is 18.3. The van der Waals surface area contributed by atoms with Gasteiger partial charge in [-0.3, -0.25) is 9.59 Å². The van der Waals surface area contributed by atoms with Crippen molar-refractivity contribution in [3.05, 3.63) is 86.3 Å². The topological polar surface area (TPSA) is 112 Å². The van der Waals surface area contributed by atoms with Gasteiger partial charge in [0.05, 0.1) is 0 Å². The number of hydrogen-bond donors (Lipinski definition) is 3. The molecule has 1 saturated heterocycles. The van der Waals surface area contributed by atoms with Crippen LogP contribution in [0.5, 0.6) is 0 Å². The highest BCUT2D eigenvalue weighted by Crippen LogP contribution is 2.35. The lowest BCUT2D eigenvalue weighted by molar-refractivity contribution is -0.141. The number of hydrogen-bond acceptors (Lipinski definition) is 7. The highest BCUT2D eigenvalue weighted by molar-refractivity contribution is 5.93. The fourth-order valence-electron chi connectivity index (χ4n) is 5.31. The molecule has 8 nitrogen and oxygen atoms in total. The fraction of sp³-hybridized carbons (Fsp3) is 0.310. The van der Waals surface area contributed by atoms with Gasteiger partial charge in [-0.05, 0) is 55.8 Å². The van der Waals surface area contributed by atoms with Gasteiger partial charge in [-0.2, -0.15) is 13.2 Å². The minimum Gasteiger partial charge on any atom is -0.480 e. The molecule has 2 heterocycles. The van der Waals surface area contributed by atoms with E-state index in [1.54, 1.807) is 48.5 Å². The predicted octanol–water partition coefficient (Wildman–Crippen LogP) is 5.08. The van der Waals surface area contributed by atoms with E-state index < -0.39 is 34.7 Å². The Morgan fingerprint density at radius 3 is 2.33 bits per heavy atom. The Labute approximate surface area is 227 Å². The van der Waals surface area contributed by atoms with Gasteiger partial charge in [-0.1, -0.05) is 36.4 Å². The second-order valence-electron chi connectivity index (χ2n) is 10.2. The van der Waals surface area contributed by atoms with Crippen LogP contribution in [0.25, 0.3) is 10.8 Å². The monoisotopic (exact) mass is 552 g/mol. The molecule has 1 aliphatic rings. The summed E-state index contributed by atoms with van der Waals surface area (Å²) in [6, 6.07) is 13.0. The Balaban J connectivity index is 1.35. The van der Waals surface area contributed by atoms with Crippen LogP contribution in [0.3, 0.4) is 0 Å². The molecule has 40 heavy (non-hydrogen) atoms. The lowest BCUT2D eigenvalue weighted by Gasteiger charge is -2.32. The highest BCUT2D eigenvalue weighted by atomic mass is 19.4. The number of halogens is 3. The first-order valence-corrected chi connectivity index (χ1v) is 12.9. The van der Waals surface area contributed by atoms with Crippen LogP contribution >= 0.6 is 0 Å². The number of carbonyl (C=O) groups is 1. The number of benzene rings is 2. The number of nitrogens with zero attached hydrogens (tertiary/aromatic N) is 2. The van der Waals surface area contributed by atoms with Gasteiger partial charge in [-0.15, -0.1) is 0 Å². The average molecular weight is 553 g/mol. The number of pyridine rings is 1. The van der Waals surface area contributed by atoms with Crippen molar-refractivity contribution in [2.24, 2.45) is 0 Å². The first kappa shape index (κ1) is 27.2. The average Bonchev–Trinajstić information content (AvgIpc) is 3.24. The summed E-state index contributed by atoms with van der Waals surface area (Å²) in [5.41, 5.74) is -1.02. The van der Waals surface area contributed by atoms with Gasteiger partial charge in [0.1, 0.15) is 28.9 Å². The van der Waals surface area contributed by atoms with E-state index in [9.17, 15) is 32.7 Å². The van der Waals surface area contributed by atoms with Crippen molar-refractivity contribution < 1.29 is 23.1 Å². The molecule has 11 heteroatoms. The molecule has 0 spiro atoms. The van der Waals surface area contributed by atoms with E-state index in [1.807, 2.05) is 18.7 Å². The van der Waals surface area contributed by atoms with Gasteiger partial charge < -0.3 is 20.6 Å². The summed E-state index contributed by atoms with van der Waals surface area (Å²) in [5.74, 6) is -1.15. The zero-order valence-corrected chi connectivity index (χ0v) is 21.7. The van der Waals surface area contributed by atoms with Crippen LogP contribution in [-0.2, 0) is 17.4 Å². The van der Waals surface area contributed by atoms with Crippen molar-refractivity contribution in [3.8, 4) is 0 Å². The Morgan fingerprint density at radius 2 is 1.70 bits per heavy atom. The van der Waals surface area contributed by atoms with Gasteiger partial charge in [-0.25, -0.2) is 9.78 Å². The lowest BCUT2D eigenvalue weighted by Crippen LogP contribution is -2.48. The molecule has 3 N–H and O–H groups in total. The molecule has 208 valence electrons. The molecular weight excluding hydrogens is 525 g/mol. The van der Waals surface area contributed by atoms with Gasteiger partial charge in [0.15, 0.2) is 0 Å². The summed E-state index contributed by atoms with van der Waals surface area (Å²) >= 11 is 0. The number of anilines is 4. The summed E-state index contributed by atoms with van der Waals surface area (Å²) in [7, 11) is 0. The third kappa shape index (κ3) is 5.11. The lowest BCUT2D eigenvalue weighted by atomic mass is 10.0. The van der Waals surface area contributed by atoms with E-state index in [0.29, 0.717) is 22.0 Å². The number of carboxylic acids is 1. The molecule has 0 radical (unpaired) electrons. The van der Waals surface area contributed by atoms with Crippen molar-refractivity contribution in [3.63, 3.8) is 0 Å². The van der Waals surface area contributed by atoms with Gasteiger partial charge in [0.2, 0.25) is 0 Å². The van der Waals surface area contributed by atoms with Crippen LogP contribution in [0, 0.1) is 0 Å². The SMILES string of the molecule is C[C@H]1CC[C@H](C)N1c1c(N[C@@H](Cc2ccc(Nc3nc(C(F)(F)F)cc4ccccc34)cc2)C(=O)O)c(=O)c1=O. The Hall–Kier alpha value is -4.41. The number of aromatic nitrogens is 1. The van der Waals surface area contributed by atoms with E-state index in [0.717, 1.165) is 18.9 Å². The molecule has 1 aliphatic heterocycles. The molecule has 0 amide bonds. The largest absolute Gasteiger partial charge is 0.480 e. The maximum Gasteiger partial charge on any atom is 0.433 e. The highest BCUT2D eigenvalue weighted by Gasteiger charge is 2.37. The van der Waals surface area contributed by atoms with Crippen molar-refractivity contribution in [1.82, 2.24) is 4.98 Å². The summed E-state index contributed by atoms with van der Waals surface area (Å²) in [6.45, 7) is 3.93. The van der Waals surface area contributed by atoms with Crippen LogP contribution in [0.1, 0.15) is 37.9 Å². The maximum absolute atomic E-state index is 13.4. The fourth-order valence-corrected chi connectivity index (χ4v) is 5.31. The predicted molar refractivity (Wildman–Crippen MR) is 147 cm³/mol. The molecule has 0 bridgehead atoms. The summed E-state index contributed by atoms with van der Waals surface area (Å²) < 4.78 is 40.2. The molecule has 0 unspecified atom stereocenters. The first-order valence-electron chi connectivity index (χ1n) is 12.9. The number of rotatable bonds is 8. The molecule has 3 atom stereocenters. The standard InChI is InChI=1S/C29H27F3N4O4/c1-15-7-8-16(2)36(15)24-23(25(37)26(24)38)34-21(28(39)40)13-17-9-11-19(12-10-17)33-27-20-6-4-3-5-18(20)14-22(35-27)29(30,31)32/h3-6,9-12,14-16,21,34H,7-8,13H2,1-2H3,(H,33,35)(H,39,40)/t15-,16-,21-/m0/s1.